The van der Waals surface area contributed by atoms with E-state index >= 15 is 0 Å². The number of rotatable bonds is 3. The van der Waals surface area contributed by atoms with Crippen molar-refractivity contribution in [1.82, 2.24) is 0 Å². The van der Waals surface area contributed by atoms with Gasteiger partial charge in [-0.05, 0) is 70.3 Å². The fourth-order valence-electron chi connectivity index (χ4n) is 5.82. The molecule has 0 saturated carbocycles. The van der Waals surface area contributed by atoms with E-state index in [2.05, 4.69) is 0 Å². The number of fused-ring (bicyclic) bond motifs is 4. The van der Waals surface area contributed by atoms with Crippen LogP contribution in [0.1, 0.15) is 49.5 Å². The summed E-state index contributed by atoms with van der Waals surface area (Å²) in [5, 5.41) is 15.1. The molecule has 4 nitrogen and oxygen atoms in total. The number of benzene rings is 4. The van der Waals surface area contributed by atoms with Gasteiger partial charge in [0, 0.05) is 33.2 Å². The summed E-state index contributed by atoms with van der Waals surface area (Å²) in [5.74, 6) is -1.02. The lowest BCUT2D eigenvalue weighted by atomic mass is 10.0. The maximum Gasteiger partial charge on any atom is 0.197 e. The quantitative estimate of drug-likeness (QED) is 0.216. The molecule has 0 aliphatic heterocycles. The topological polar surface area (TPSA) is 71.4 Å². The van der Waals surface area contributed by atoms with Crippen molar-refractivity contribution >= 4 is 56.3 Å². The molecule has 188 valence electrons. The normalized spacial score (nSPS) is 18.8. The molecule has 3 aliphatic rings. The predicted octanol–water partition coefficient (Wildman–Crippen LogP) is 7.92. The number of aliphatic hydroxyl groups excluding tert-OH is 1. The highest BCUT2D eigenvalue weighted by atomic mass is 35.5. The molecule has 4 aromatic carbocycles. The van der Waals surface area contributed by atoms with Crippen LogP contribution in [0.5, 0.6) is 0 Å². The van der Waals surface area contributed by atoms with Gasteiger partial charge < -0.3 is 5.11 Å². The Morgan fingerprint density at radius 2 is 1.21 bits per heavy atom. The average molecular weight is 529 g/mol. The van der Waals surface area contributed by atoms with Gasteiger partial charge in [-0.2, -0.15) is 0 Å². The van der Waals surface area contributed by atoms with Gasteiger partial charge in [-0.25, -0.2) is 0 Å². The number of aliphatic hydroxyl groups is 1. The highest BCUT2D eigenvalue weighted by Gasteiger charge is 2.35. The molecule has 7 rings (SSSR count). The lowest BCUT2D eigenvalue weighted by Gasteiger charge is -2.04. The van der Waals surface area contributed by atoms with E-state index in [9.17, 15) is 19.5 Å². The fraction of sp³-hybridized carbons (Fsp3) is 0.0882. The van der Waals surface area contributed by atoms with Crippen molar-refractivity contribution in [3.63, 3.8) is 0 Å². The monoisotopic (exact) mass is 528 g/mol. The first-order valence-corrected chi connectivity index (χ1v) is 13.2. The average Bonchev–Trinajstić information content (AvgIpc) is 3.50. The molecule has 1 atom stereocenters. The minimum Gasteiger partial charge on any atom is -0.507 e. The van der Waals surface area contributed by atoms with E-state index in [1.807, 2.05) is 66.7 Å². The SMILES string of the molecule is O=C1C(=CC2=C(Cl)C(/C=C/C3=C(O)c4cc5ccccc5cc4C3=O)CC2)C(=O)c2cc3ccccc3cc21. The highest BCUT2D eigenvalue weighted by Crippen LogP contribution is 2.40. The number of allylic oxidation sites excluding steroid dienone is 7. The van der Waals surface area contributed by atoms with Crippen LogP contribution >= 0.6 is 11.6 Å². The molecule has 39 heavy (non-hydrogen) atoms. The number of carbonyl (C=O) groups excluding carboxylic acids is 3. The van der Waals surface area contributed by atoms with Gasteiger partial charge in [-0.3, -0.25) is 14.4 Å². The second-order valence-electron chi connectivity index (χ2n) is 10.2. The molecule has 0 radical (unpaired) electrons. The third-order valence-electron chi connectivity index (χ3n) is 7.92. The molecule has 0 fully saturated rings. The Kier molecular flexibility index (Phi) is 5.29. The lowest BCUT2D eigenvalue weighted by Crippen LogP contribution is -2.01. The predicted molar refractivity (Wildman–Crippen MR) is 153 cm³/mol. The summed E-state index contributed by atoms with van der Waals surface area (Å²) in [6.45, 7) is 0. The van der Waals surface area contributed by atoms with E-state index in [0.717, 1.165) is 27.1 Å². The second kappa shape index (κ2) is 8.75. The smallest absolute Gasteiger partial charge is 0.197 e. The molecule has 0 saturated heterocycles. The number of hydrogen-bond donors (Lipinski definition) is 1. The number of ketones is 3. The van der Waals surface area contributed by atoms with Gasteiger partial charge in [-0.15, -0.1) is 0 Å². The molecular weight excluding hydrogens is 508 g/mol. The first kappa shape index (κ1) is 23.6. The van der Waals surface area contributed by atoms with E-state index in [1.54, 1.807) is 24.3 Å². The number of Topliss-reactive ketones (excluding diaryl/α,β-unsaturated/α-hetero) is 3. The zero-order valence-corrected chi connectivity index (χ0v) is 21.5. The van der Waals surface area contributed by atoms with Gasteiger partial charge in [0.1, 0.15) is 5.76 Å². The van der Waals surface area contributed by atoms with Crippen molar-refractivity contribution < 1.29 is 19.5 Å². The minimum atomic E-state index is -0.284. The van der Waals surface area contributed by atoms with Crippen molar-refractivity contribution in [1.29, 1.82) is 0 Å². The molecule has 5 heteroatoms. The number of carbonyl (C=O) groups is 3. The van der Waals surface area contributed by atoms with Crippen molar-refractivity contribution in [2.45, 2.75) is 12.8 Å². The highest BCUT2D eigenvalue weighted by molar-refractivity contribution is 6.40. The van der Waals surface area contributed by atoms with Crippen LogP contribution in [0.15, 0.2) is 113 Å². The summed E-state index contributed by atoms with van der Waals surface area (Å²) < 4.78 is 0. The largest absolute Gasteiger partial charge is 0.507 e. The van der Waals surface area contributed by atoms with Gasteiger partial charge in [0.2, 0.25) is 0 Å². The molecule has 0 bridgehead atoms. The Balaban J connectivity index is 1.17. The van der Waals surface area contributed by atoms with Crippen LogP contribution in [-0.2, 0) is 0 Å². The molecule has 1 unspecified atom stereocenters. The molecule has 1 N–H and O–H groups in total. The molecule has 0 amide bonds. The summed E-state index contributed by atoms with van der Waals surface area (Å²) >= 11 is 6.73. The standard InChI is InChI=1S/C34H21ClO4/c35-30-18(11-12-24-31(36)25-13-19-5-1-2-6-20(19)14-26(25)32(24)37)9-10-23(30)17-29-33(38)27-15-21-7-3-4-8-22(21)16-28(27)34(29)39/h1-8,11-18,36H,9-10H2/b12-11+. The van der Waals surface area contributed by atoms with Gasteiger partial charge in [0.05, 0.1) is 11.1 Å². The molecular formula is C34H21ClO4. The van der Waals surface area contributed by atoms with Crippen LogP contribution in [0, 0.1) is 5.92 Å². The van der Waals surface area contributed by atoms with E-state index < -0.39 is 0 Å². The van der Waals surface area contributed by atoms with Gasteiger partial charge in [0.15, 0.2) is 17.3 Å². The van der Waals surface area contributed by atoms with Crippen LogP contribution in [0.4, 0.5) is 0 Å². The van der Waals surface area contributed by atoms with Crippen LogP contribution in [0.3, 0.4) is 0 Å². The summed E-state index contributed by atoms with van der Waals surface area (Å²) in [7, 11) is 0. The van der Waals surface area contributed by atoms with Crippen LogP contribution in [0.2, 0.25) is 0 Å². The van der Waals surface area contributed by atoms with Crippen molar-refractivity contribution in [3.8, 4) is 0 Å². The van der Waals surface area contributed by atoms with E-state index in [1.165, 1.54) is 0 Å². The van der Waals surface area contributed by atoms with Crippen LogP contribution in [0.25, 0.3) is 27.3 Å². The van der Waals surface area contributed by atoms with Crippen LogP contribution in [-0.4, -0.2) is 22.5 Å². The Labute approximate surface area is 229 Å². The Morgan fingerprint density at radius 3 is 1.74 bits per heavy atom. The molecule has 3 aliphatic carbocycles. The summed E-state index contributed by atoms with van der Waals surface area (Å²) in [6, 6.07) is 22.6. The second-order valence-corrected chi connectivity index (χ2v) is 10.6. The maximum atomic E-state index is 13.2. The summed E-state index contributed by atoms with van der Waals surface area (Å²) in [4.78, 5) is 39.4. The van der Waals surface area contributed by atoms with E-state index in [4.69, 9.17) is 11.6 Å². The zero-order valence-electron chi connectivity index (χ0n) is 20.7. The van der Waals surface area contributed by atoms with E-state index in [0.29, 0.717) is 40.1 Å². The maximum absolute atomic E-state index is 13.2. The lowest BCUT2D eigenvalue weighted by molar-refractivity contribution is 0.0986. The Morgan fingerprint density at radius 1 is 0.718 bits per heavy atom. The minimum absolute atomic E-state index is 0.0373. The van der Waals surface area contributed by atoms with Gasteiger partial charge >= 0.3 is 0 Å². The fourth-order valence-corrected chi connectivity index (χ4v) is 6.15. The molecule has 0 aromatic heterocycles. The van der Waals surface area contributed by atoms with Crippen molar-refractivity contribution in [3.05, 3.63) is 135 Å². The third kappa shape index (κ3) is 3.63. The molecule has 4 aromatic rings. The zero-order chi connectivity index (χ0) is 26.8. The van der Waals surface area contributed by atoms with Gasteiger partial charge in [0.25, 0.3) is 0 Å². The summed E-state index contributed by atoms with van der Waals surface area (Å²) in [5.41, 5.74) is 2.96. The Bertz CT molecular complexity index is 1880. The van der Waals surface area contributed by atoms with Crippen molar-refractivity contribution in [2.24, 2.45) is 5.92 Å². The number of halogens is 1. The van der Waals surface area contributed by atoms with E-state index in [-0.39, 0.29) is 40.2 Å². The molecule has 0 heterocycles. The summed E-state index contributed by atoms with van der Waals surface area (Å²) in [6.07, 6.45) is 6.36. The first-order valence-electron chi connectivity index (χ1n) is 12.8. The Hall–Kier alpha value is -4.54. The van der Waals surface area contributed by atoms with Crippen molar-refractivity contribution in [2.75, 3.05) is 0 Å². The van der Waals surface area contributed by atoms with Crippen LogP contribution < -0.4 is 0 Å². The number of hydrogen-bond acceptors (Lipinski definition) is 4. The van der Waals surface area contributed by atoms with Gasteiger partial charge in [-0.1, -0.05) is 72.3 Å². The third-order valence-corrected chi connectivity index (χ3v) is 8.44. The molecule has 0 spiro atoms. The first-order chi connectivity index (χ1) is 18.9.